The molecule has 0 radical (unpaired) electrons. The fourth-order valence-corrected chi connectivity index (χ4v) is 2.28. The summed E-state index contributed by atoms with van der Waals surface area (Å²) in [5.74, 6) is 0.588. The first kappa shape index (κ1) is 12.5. The van der Waals surface area contributed by atoms with Crippen molar-refractivity contribution in [2.75, 3.05) is 11.9 Å². The Balaban J connectivity index is 2.23. The molecular formula is C17H15NO2. The van der Waals surface area contributed by atoms with E-state index in [2.05, 4.69) is 5.32 Å². The molecule has 20 heavy (non-hydrogen) atoms. The molecule has 3 nitrogen and oxygen atoms in total. The lowest BCUT2D eigenvalue weighted by Gasteiger charge is -2.10. The third-order valence-electron chi connectivity index (χ3n) is 3.19. The highest BCUT2D eigenvalue weighted by Crippen LogP contribution is 2.28. The van der Waals surface area contributed by atoms with Crippen molar-refractivity contribution in [1.82, 2.24) is 0 Å². The summed E-state index contributed by atoms with van der Waals surface area (Å²) in [6.07, 6.45) is 0. The van der Waals surface area contributed by atoms with Crippen molar-refractivity contribution in [2.24, 2.45) is 0 Å². The second-order valence-corrected chi connectivity index (χ2v) is 4.55. The number of hydrogen-bond acceptors (Lipinski definition) is 3. The predicted octanol–water partition coefficient (Wildman–Crippen LogP) is 3.89. The summed E-state index contributed by atoms with van der Waals surface area (Å²) in [6.45, 7) is 2.85. The zero-order valence-corrected chi connectivity index (χ0v) is 11.2. The highest BCUT2D eigenvalue weighted by atomic mass is 16.3. The fourth-order valence-electron chi connectivity index (χ4n) is 2.28. The standard InChI is InChI=1S/C17H15NO2/c1-2-18-14-9-5-3-7-12(14)17-11-15(19)13-8-4-6-10-16(13)20-17/h3-11,18H,2H2,1H3. The van der Waals surface area contributed by atoms with Gasteiger partial charge in [-0.2, -0.15) is 0 Å². The van der Waals surface area contributed by atoms with E-state index in [1.165, 1.54) is 0 Å². The van der Waals surface area contributed by atoms with E-state index >= 15 is 0 Å². The molecule has 1 heterocycles. The van der Waals surface area contributed by atoms with Gasteiger partial charge in [0.1, 0.15) is 11.3 Å². The van der Waals surface area contributed by atoms with Gasteiger partial charge in [0.2, 0.25) is 0 Å². The largest absolute Gasteiger partial charge is 0.456 e. The zero-order valence-electron chi connectivity index (χ0n) is 11.2. The van der Waals surface area contributed by atoms with Gasteiger partial charge in [0.25, 0.3) is 0 Å². The molecule has 1 aromatic heterocycles. The van der Waals surface area contributed by atoms with Crippen LogP contribution in [-0.2, 0) is 0 Å². The normalized spacial score (nSPS) is 10.7. The minimum atomic E-state index is -0.0202. The average Bonchev–Trinajstić information content (AvgIpc) is 2.48. The second kappa shape index (κ2) is 5.21. The van der Waals surface area contributed by atoms with Gasteiger partial charge in [0, 0.05) is 23.9 Å². The van der Waals surface area contributed by atoms with Gasteiger partial charge in [-0.1, -0.05) is 24.3 Å². The number of fused-ring (bicyclic) bond motifs is 1. The molecule has 100 valence electrons. The van der Waals surface area contributed by atoms with Crippen LogP contribution in [0.25, 0.3) is 22.3 Å². The van der Waals surface area contributed by atoms with Crippen LogP contribution in [0.4, 0.5) is 5.69 Å². The lowest BCUT2D eigenvalue weighted by Crippen LogP contribution is -2.02. The van der Waals surface area contributed by atoms with E-state index in [1.807, 2.05) is 49.4 Å². The van der Waals surface area contributed by atoms with Crippen LogP contribution in [0.1, 0.15) is 6.92 Å². The molecule has 0 spiro atoms. The molecule has 0 saturated carbocycles. The van der Waals surface area contributed by atoms with Crippen molar-refractivity contribution in [3.63, 3.8) is 0 Å². The molecule has 0 bridgehead atoms. The van der Waals surface area contributed by atoms with Gasteiger partial charge in [0.05, 0.1) is 5.39 Å². The highest BCUT2D eigenvalue weighted by Gasteiger charge is 2.09. The van der Waals surface area contributed by atoms with Gasteiger partial charge < -0.3 is 9.73 Å². The summed E-state index contributed by atoms with van der Waals surface area (Å²) < 4.78 is 5.88. The number of rotatable bonds is 3. The molecule has 0 aliphatic rings. The Bertz CT molecular complexity index is 805. The first-order chi connectivity index (χ1) is 9.79. The van der Waals surface area contributed by atoms with E-state index in [0.29, 0.717) is 16.7 Å². The number of hydrogen-bond donors (Lipinski definition) is 1. The van der Waals surface area contributed by atoms with E-state index in [0.717, 1.165) is 17.8 Å². The average molecular weight is 265 g/mol. The van der Waals surface area contributed by atoms with Crippen LogP contribution in [0.15, 0.2) is 63.8 Å². The van der Waals surface area contributed by atoms with E-state index in [4.69, 9.17) is 4.42 Å². The Labute approximate surface area is 116 Å². The molecule has 0 amide bonds. The van der Waals surface area contributed by atoms with Crippen molar-refractivity contribution in [1.29, 1.82) is 0 Å². The highest BCUT2D eigenvalue weighted by molar-refractivity contribution is 5.81. The van der Waals surface area contributed by atoms with Gasteiger partial charge >= 0.3 is 0 Å². The van der Waals surface area contributed by atoms with Gasteiger partial charge in [-0.25, -0.2) is 0 Å². The van der Waals surface area contributed by atoms with E-state index in [9.17, 15) is 4.79 Å². The van der Waals surface area contributed by atoms with Crippen LogP contribution in [0.2, 0.25) is 0 Å². The fraction of sp³-hybridized carbons (Fsp3) is 0.118. The number of benzene rings is 2. The molecule has 2 aromatic carbocycles. The third-order valence-corrected chi connectivity index (χ3v) is 3.19. The van der Waals surface area contributed by atoms with Crippen LogP contribution >= 0.6 is 0 Å². The molecule has 3 rings (SSSR count). The van der Waals surface area contributed by atoms with Crippen LogP contribution in [0, 0.1) is 0 Å². The van der Waals surface area contributed by atoms with Crippen LogP contribution in [0.5, 0.6) is 0 Å². The molecule has 0 unspecified atom stereocenters. The van der Waals surface area contributed by atoms with Crippen LogP contribution < -0.4 is 10.7 Å². The Morgan fingerprint density at radius 3 is 2.65 bits per heavy atom. The Hall–Kier alpha value is -2.55. The first-order valence-corrected chi connectivity index (χ1v) is 6.66. The van der Waals surface area contributed by atoms with Crippen LogP contribution in [0.3, 0.4) is 0 Å². The summed E-state index contributed by atoms with van der Waals surface area (Å²) in [5.41, 5.74) is 2.46. The minimum Gasteiger partial charge on any atom is -0.456 e. The second-order valence-electron chi connectivity index (χ2n) is 4.55. The van der Waals surface area contributed by atoms with Crippen LogP contribution in [-0.4, -0.2) is 6.54 Å². The summed E-state index contributed by atoms with van der Waals surface area (Å²) in [7, 11) is 0. The first-order valence-electron chi connectivity index (χ1n) is 6.66. The molecule has 0 fully saturated rings. The maximum atomic E-state index is 12.2. The quantitative estimate of drug-likeness (QED) is 0.781. The van der Waals surface area contributed by atoms with E-state index in [-0.39, 0.29) is 5.43 Å². The molecule has 0 aliphatic carbocycles. The summed E-state index contributed by atoms with van der Waals surface area (Å²) in [6, 6.07) is 16.7. The number of nitrogens with one attached hydrogen (secondary N) is 1. The Kier molecular flexibility index (Phi) is 3.25. The van der Waals surface area contributed by atoms with Gasteiger partial charge in [0.15, 0.2) is 5.43 Å². The lowest BCUT2D eigenvalue weighted by atomic mass is 10.1. The van der Waals surface area contributed by atoms with Crippen molar-refractivity contribution >= 4 is 16.7 Å². The Morgan fingerprint density at radius 2 is 1.80 bits per heavy atom. The zero-order chi connectivity index (χ0) is 13.9. The molecule has 0 atom stereocenters. The summed E-state index contributed by atoms with van der Waals surface area (Å²) in [5, 5.41) is 3.89. The summed E-state index contributed by atoms with van der Waals surface area (Å²) in [4.78, 5) is 12.2. The molecule has 0 saturated heterocycles. The van der Waals surface area contributed by atoms with Crippen molar-refractivity contribution < 1.29 is 4.42 Å². The van der Waals surface area contributed by atoms with Crippen molar-refractivity contribution in [2.45, 2.75) is 6.92 Å². The summed E-state index contributed by atoms with van der Waals surface area (Å²) >= 11 is 0. The third kappa shape index (κ3) is 2.18. The topological polar surface area (TPSA) is 42.2 Å². The van der Waals surface area contributed by atoms with Crippen molar-refractivity contribution in [3.8, 4) is 11.3 Å². The molecular weight excluding hydrogens is 250 g/mol. The molecule has 0 aliphatic heterocycles. The van der Waals surface area contributed by atoms with Gasteiger partial charge in [-0.05, 0) is 31.2 Å². The number of anilines is 1. The molecule has 1 N–H and O–H groups in total. The number of para-hydroxylation sites is 2. The smallest absolute Gasteiger partial charge is 0.193 e. The maximum Gasteiger partial charge on any atom is 0.193 e. The van der Waals surface area contributed by atoms with Gasteiger partial charge in [-0.15, -0.1) is 0 Å². The Morgan fingerprint density at radius 1 is 1.05 bits per heavy atom. The molecule has 3 aromatic rings. The van der Waals surface area contributed by atoms with Crippen molar-refractivity contribution in [3.05, 3.63) is 64.8 Å². The SMILES string of the molecule is CCNc1ccccc1-c1cc(=O)c2ccccc2o1. The van der Waals surface area contributed by atoms with Gasteiger partial charge in [-0.3, -0.25) is 4.79 Å². The van der Waals surface area contributed by atoms with E-state index < -0.39 is 0 Å². The monoisotopic (exact) mass is 265 g/mol. The molecule has 3 heteroatoms. The maximum absolute atomic E-state index is 12.2. The lowest BCUT2D eigenvalue weighted by molar-refractivity contribution is 0.619. The minimum absolute atomic E-state index is 0.0202. The van der Waals surface area contributed by atoms with E-state index in [1.54, 1.807) is 12.1 Å². The predicted molar refractivity (Wildman–Crippen MR) is 82.1 cm³/mol.